The molecule has 0 aliphatic heterocycles. The van der Waals surface area contributed by atoms with E-state index >= 15 is 0 Å². The number of nitrogens with one attached hydrogen (secondary N) is 1. The number of aliphatic hydroxyl groups excluding tert-OH is 1. The number of amides is 1. The average Bonchev–Trinajstić information content (AvgIpc) is 3.19. The molecule has 1 unspecified atom stereocenters. The Labute approximate surface area is 183 Å². The molecule has 9 nitrogen and oxygen atoms in total. The average molecular weight is 445 g/mol. The number of nitrogens with zero attached hydrogens (tertiary/aromatic N) is 3. The van der Waals surface area contributed by atoms with Crippen molar-refractivity contribution in [3.8, 4) is 5.69 Å². The Kier molecular flexibility index (Phi) is 7.22. The zero-order valence-corrected chi connectivity index (χ0v) is 17.5. The SMILES string of the molecule is C=C(C)C(=O)OCCNC(=O)OC(CO)c1ccc(Cl)cc1-n1nc2ccccc2n1. The molecule has 0 spiro atoms. The van der Waals surface area contributed by atoms with Gasteiger partial charge in [-0.25, -0.2) is 9.59 Å². The molecule has 3 aromatic rings. The van der Waals surface area contributed by atoms with Gasteiger partial charge in [0.15, 0.2) is 6.10 Å². The highest BCUT2D eigenvalue weighted by molar-refractivity contribution is 6.30. The molecule has 1 heterocycles. The second kappa shape index (κ2) is 10.1. The Hall–Kier alpha value is -3.43. The smallest absolute Gasteiger partial charge is 0.407 e. The van der Waals surface area contributed by atoms with Gasteiger partial charge >= 0.3 is 12.1 Å². The van der Waals surface area contributed by atoms with Gasteiger partial charge in [0.2, 0.25) is 0 Å². The maximum absolute atomic E-state index is 12.2. The number of ether oxygens (including phenoxy) is 2. The van der Waals surface area contributed by atoms with E-state index in [1.54, 1.807) is 18.2 Å². The minimum Gasteiger partial charge on any atom is -0.460 e. The molecule has 31 heavy (non-hydrogen) atoms. The van der Waals surface area contributed by atoms with Crippen molar-refractivity contribution >= 4 is 34.7 Å². The molecule has 0 aliphatic rings. The Morgan fingerprint density at radius 1 is 1.23 bits per heavy atom. The lowest BCUT2D eigenvalue weighted by atomic mass is 10.1. The number of carbonyl (C=O) groups is 2. The van der Waals surface area contributed by atoms with Crippen LogP contribution in [0.3, 0.4) is 0 Å². The molecule has 0 aliphatic carbocycles. The summed E-state index contributed by atoms with van der Waals surface area (Å²) in [6.07, 6.45) is -1.79. The monoisotopic (exact) mass is 444 g/mol. The molecule has 1 amide bonds. The van der Waals surface area contributed by atoms with Gasteiger partial charge in [0.05, 0.1) is 18.8 Å². The molecule has 1 aromatic heterocycles. The molecule has 0 saturated carbocycles. The van der Waals surface area contributed by atoms with Crippen LogP contribution in [0.4, 0.5) is 4.79 Å². The quantitative estimate of drug-likeness (QED) is 0.311. The molecular formula is C21H21ClN4O5. The lowest BCUT2D eigenvalue weighted by molar-refractivity contribution is -0.138. The Balaban J connectivity index is 1.73. The lowest BCUT2D eigenvalue weighted by Gasteiger charge is -2.19. The van der Waals surface area contributed by atoms with E-state index in [1.807, 2.05) is 24.3 Å². The summed E-state index contributed by atoms with van der Waals surface area (Å²) >= 11 is 6.15. The number of fused-ring (bicyclic) bond motifs is 1. The van der Waals surface area contributed by atoms with Crippen molar-refractivity contribution in [1.29, 1.82) is 0 Å². The molecule has 0 bridgehead atoms. The van der Waals surface area contributed by atoms with Crippen LogP contribution in [-0.4, -0.2) is 51.9 Å². The second-order valence-corrected chi connectivity index (χ2v) is 7.04. The summed E-state index contributed by atoms with van der Waals surface area (Å²) in [4.78, 5) is 24.9. The van der Waals surface area contributed by atoms with E-state index in [0.717, 1.165) is 0 Å². The zero-order valence-electron chi connectivity index (χ0n) is 16.7. The molecule has 0 saturated heterocycles. The highest BCUT2D eigenvalue weighted by Crippen LogP contribution is 2.27. The van der Waals surface area contributed by atoms with Crippen LogP contribution in [0.5, 0.6) is 0 Å². The van der Waals surface area contributed by atoms with E-state index in [1.165, 1.54) is 11.7 Å². The molecule has 1 atom stereocenters. The zero-order chi connectivity index (χ0) is 22.4. The summed E-state index contributed by atoms with van der Waals surface area (Å²) < 4.78 is 10.2. The first-order chi connectivity index (χ1) is 14.9. The Bertz CT molecular complexity index is 1080. The molecule has 2 N–H and O–H groups in total. The third-order valence-electron chi connectivity index (χ3n) is 4.21. The van der Waals surface area contributed by atoms with Crippen molar-refractivity contribution in [1.82, 2.24) is 20.3 Å². The first-order valence-corrected chi connectivity index (χ1v) is 9.76. The first kappa shape index (κ1) is 22.3. The van der Waals surface area contributed by atoms with Gasteiger partial charge in [-0.15, -0.1) is 15.0 Å². The molecule has 3 rings (SSSR count). The van der Waals surface area contributed by atoms with Crippen LogP contribution in [0.25, 0.3) is 16.7 Å². The maximum atomic E-state index is 12.2. The number of aromatic nitrogens is 3. The summed E-state index contributed by atoms with van der Waals surface area (Å²) in [6.45, 7) is 4.51. The van der Waals surface area contributed by atoms with Crippen molar-refractivity contribution in [2.24, 2.45) is 0 Å². The molecule has 0 radical (unpaired) electrons. The van der Waals surface area contributed by atoms with Gasteiger partial charge in [0, 0.05) is 16.2 Å². The van der Waals surface area contributed by atoms with Gasteiger partial charge in [0.25, 0.3) is 0 Å². The number of alkyl carbamates (subject to hydrolysis) is 1. The van der Waals surface area contributed by atoms with Crippen LogP contribution >= 0.6 is 11.6 Å². The number of hydrogen-bond acceptors (Lipinski definition) is 7. The van der Waals surface area contributed by atoms with Gasteiger partial charge < -0.3 is 19.9 Å². The van der Waals surface area contributed by atoms with E-state index in [9.17, 15) is 14.7 Å². The number of aliphatic hydroxyl groups is 1. The van der Waals surface area contributed by atoms with Crippen molar-refractivity contribution in [2.45, 2.75) is 13.0 Å². The third-order valence-corrected chi connectivity index (χ3v) is 4.44. The van der Waals surface area contributed by atoms with E-state index < -0.39 is 24.8 Å². The number of benzene rings is 2. The standard InChI is InChI=1S/C21H21ClN4O5/c1-13(2)20(28)30-10-9-23-21(29)31-19(12-27)15-8-7-14(22)11-18(15)26-24-16-5-3-4-6-17(16)25-26/h3-8,11,19,27H,1,9-10,12H2,2H3,(H,23,29). The van der Waals surface area contributed by atoms with Crippen LogP contribution < -0.4 is 5.32 Å². The van der Waals surface area contributed by atoms with Gasteiger partial charge in [-0.2, -0.15) is 0 Å². The van der Waals surface area contributed by atoms with Gasteiger partial charge in [0.1, 0.15) is 17.6 Å². The first-order valence-electron chi connectivity index (χ1n) is 9.39. The topological polar surface area (TPSA) is 116 Å². The van der Waals surface area contributed by atoms with Gasteiger partial charge in [-0.1, -0.05) is 36.4 Å². The fraction of sp³-hybridized carbons (Fsp3) is 0.238. The van der Waals surface area contributed by atoms with Gasteiger partial charge in [-0.05, 0) is 31.2 Å². The minimum absolute atomic E-state index is 0.0373. The van der Waals surface area contributed by atoms with Gasteiger partial charge in [-0.3, -0.25) is 0 Å². The highest BCUT2D eigenvalue weighted by Gasteiger charge is 2.22. The second-order valence-electron chi connectivity index (χ2n) is 6.60. The Morgan fingerprint density at radius 3 is 2.52 bits per heavy atom. The van der Waals surface area contributed by atoms with Crippen LogP contribution in [-0.2, 0) is 14.3 Å². The summed E-state index contributed by atoms with van der Waals surface area (Å²) in [5.74, 6) is -0.548. The summed E-state index contributed by atoms with van der Waals surface area (Å²) in [7, 11) is 0. The van der Waals surface area contributed by atoms with Crippen molar-refractivity contribution in [3.63, 3.8) is 0 Å². The van der Waals surface area contributed by atoms with Crippen LogP contribution in [0.2, 0.25) is 5.02 Å². The van der Waals surface area contributed by atoms with E-state index in [0.29, 0.717) is 27.3 Å². The lowest BCUT2D eigenvalue weighted by Crippen LogP contribution is -2.31. The maximum Gasteiger partial charge on any atom is 0.407 e. The van der Waals surface area contributed by atoms with Crippen LogP contribution in [0.1, 0.15) is 18.6 Å². The predicted molar refractivity (Wildman–Crippen MR) is 114 cm³/mol. The number of rotatable bonds is 8. The van der Waals surface area contributed by atoms with E-state index in [2.05, 4.69) is 22.1 Å². The highest BCUT2D eigenvalue weighted by atomic mass is 35.5. The Morgan fingerprint density at radius 2 is 1.90 bits per heavy atom. The minimum atomic E-state index is -1.00. The summed E-state index contributed by atoms with van der Waals surface area (Å²) in [6, 6.07) is 12.2. The normalized spacial score (nSPS) is 11.7. The molecule has 162 valence electrons. The number of esters is 1. The molecule has 2 aromatic carbocycles. The van der Waals surface area contributed by atoms with Crippen molar-refractivity contribution in [2.75, 3.05) is 19.8 Å². The molecule has 10 heteroatoms. The van der Waals surface area contributed by atoms with Crippen molar-refractivity contribution in [3.05, 3.63) is 65.2 Å². The predicted octanol–water partition coefficient (Wildman–Crippen LogP) is 2.95. The fourth-order valence-corrected chi connectivity index (χ4v) is 2.89. The fourth-order valence-electron chi connectivity index (χ4n) is 2.72. The van der Waals surface area contributed by atoms with E-state index in [-0.39, 0.29) is 18.7 Å². The summed E-state index contributed by atoms with van der Waals surface area (Å²) in [5, 5.41) is 21.6. The molecular weight excluding hydrogens is 424 g/mol. The number of carbonyl (C=O) groups excluding carboxylic acids is 2. The summed E-state index contributed by atoms with van der Waals surface area (Å²) in [5.41, 5.74) is 2.55. The third kappa shape index (κ3) is 5.59. The largest absolute Gasteiger partial charge is 0.460 e. The van der Waals surface area contributed by atoms with E-state index in [4.69, 9.17) is 21.1 Å². The number of halogens is 1. The van der Waals surface area contributed by atoms with Crippen LogP contribution in [0, 0.1) is 0 Å². The molecule has 0 fully saturated rings. The van der Waals surface area contributed by atoms with Crippen molar-refractivity contribution < 1.29 is 24.2 Å². The van der Waals surface area contributed by atoms with Crippen LogP contribution in [0.15, 0.2) is 54.6 Å². The number of hydrogen-bond donors (Lipinski definition) is 2.